The van der Waals surface area contributed by atoms with E-state index >= 15 is 0 Å². The standard InChI is InChI=1S/C30H41ClN2O/c1-19-25-10-11-27-24-9-8-21-17-23(33(4)28(34)20-6-5-7-22(31)16-20)12-14-29(21,2)26(24)13-15-30(25,27)18-32(19)3/h5-8,16,19,23-27H,9-15,17-18H2,1-4H3. The van der Waals surface area contributed by atoms with Gasteiger partial charge >= 0.3 is 0 Å². The lowest BCUT2D eigenvalue weighted by Crippen LogP contribution is -2.53. The lowest BCUT2D eigenvalue weighted by Gasteiger charge is -2.58. The largest absolute Gasteiger partial charge is 0.338 e. The highest BCUT2D eigenvalue weighted by Crippen LogP contribution is 2.68. The van der Waals surface area contributed by atoms with Crippen LogP contribution in [0.1, 0.15) is 75.6 Å². The minimum atomic E-state index is 0.0986. The van der Waals surface area contributed by atoms with Gasteiger partial charge in [-0.3, -0.25) is 4.79 Å². The molecule has 0 aromatic heterocycles. The van der Waals surface area contributed by atoms with Gasteiger partial charge in [0.1, 0.15) is 0 Å². The van der Waals surface area contributed by atoms with E-state index in [2.05, 4.69) is 31.9 Å². The summed E-state index contributed by atoms with van der Waals surface area (Å²) in [6, 6.07) is 8.44. The second-order valence-electron chi connectivity index (χ2n) is 12.7. The third-order valence-electron chi connectivity index (χ3n) is 11.6. The van der Waals surface area contributed by atoms with Gasteiger partial charge in [-0.2, -0.15) is 0 Å². The summed E-state index contributed by atoms with van der Waals surface area (Å²) in [5.74, 6) is 3.64. The molecule has 4 fully saturated rings. The van der Waals surface area contributed by atoms with Crippen LogP contribution in [-0.4, -0.2) is 48.4 Å². The van der Waals surface area contributed by atoms with Crippen molar-refractivity contribution in [1.82, 2.24) is 9.80 Å². The zero-order valence-electron chi connectivity index (χ0n) is 21.4. The highest BCUT2D eigenvalue weighted by Gasteiger charge is 2.64. The van der Waals surface area contributed by atoms with Gasteiger partial charge < -0.3 is 9.80 Å². The molecule has 184 valence electrons. The van der Waals surface area contributed by atoms with Gasteiger partial charge in [-0.05, 0) is 118 Å². The Morgan fingerprint density at radius 3 is 2.71 bits per heavy atom. The minimum Gasteiger partial charge on any atom is -0.338 e. The van der Waals surface area contributed by atoms with Crippen molar-refractivity contribution in [3.8, 4) is 0 Å². The lowest BCUT2D eigenvalue weighted by atomic mass is 9.47. The Hall–Kier alpha value is -1.32. The Morgan fingerprint density at radius 1 is 1.12 bits per heavy atom. The fourth-order valence-electron chi connectivity index (χ4n) is 9.77. The quantitative estimate of drug-likeness (QED) is 0.441. The number of carbonyl (C=O) groups is 1. The number of amides is 1. The van der Waals surface area contributed by atoms with Crippen molar-refractivity contribution in [3.63, 3.8) is 0 Å². The molecule has 0 bridgehead atoms. The van der Waals surface area contributed by atoms with E-state index in [1.807, 2.05) is 30.1 Å². The molecule has 1 spiro atoms. The van der Waals surface area contributed by atoms with Gasteiger partial charge in [0.25, 0.3) is 5.91 Å². The molecule has 8 atom stereocenters. The fourth-order valence-corrected chi connectivity index (χ4v) is 9.96. The van der Waals surface area contributed by atoms with E-state index in [-0.39, 0.29) is 11.9 Å². The van der Waals surface area contributed by atoms with E-state index < -0.39 is 0 Å². The molecular formula is C30H41ClN2O. The van der Waals surface area contributed by atoms with Crippen LogP contribution in [0.2, 0.25) is 5.02 Å². The average Bonchev–Trinajstić information content (AvgIpc) is 3.31. The number of carbonyl (C=O) groups excluding carboxylic acids is 1. The Bertz CT molecular complexity index is 1020. The molecule has 0 N–H and O–H groups in total. The Labute approximate surface area is 210 Å². The Balaban J connectivity index is 1.22. The summed E-state index contributed by atoms with van der Waals surface area (Å²) in [6.07, 6.45) is 13.0. The maximum absolute atomic E-state index is 13.2. The molecule has 3 saturated carbocycles. The normalized spacial score (nSPS) is 43.4. The topological polar surface area (TPSA) is 23.6 Å². The van der Waals surface area contributed by atoms with Crippen LogP contribution in [0, 0.1) is 34.5 Å². The van der Waals surface area contributed by atoms with Gasteiger partial charge in [0, 0.05) is 36.3 Å². The Kier molecular flexibility index (Phi) is 5.50. The molecular weight excluding hydrogens is 440 g/mol. The third kappa shape index (κ3) is 3.22. The number of hydrogen-bond acceptors (Lipinski definition) is 2. The van der Waals surface area contributed by atoms with Crippen LogP contribution in [-0.2, 0) is 0 Å². The molecule has 4 aliphatic carbocycles. The molecule has 5 aliphatic rings. The second-order valence-corrected chi connectivity index (χ2v) is 13.1. The molecule has 4 heteroatoms. The number of halogens is 1. The molecule has 1 saturated heterocycles. The second kappa shape index (κ2) is 8.10. The molecule has 3 nitrogen and oxygen atoms in total. The molecule has 1 amide bonds. The summed E-state index contributed by atoms with van der Waals surface area (Å²) in [4.78, 5) is 17.8. The first kappa shape index (κ1) is 23.1. The number of nitrogens with zero attached hydrogens (tertiary/aromatic N) is 2. The van der Waals surface area contributed by atoms with E-state index in [1.165, 1.54) is 45.1 Å². The highest BCUT2D eigenvalue weighted by molar-refractivity contribution is 6.30. The van der Waals surface area contributed by atoms with Crippen molar-refractivity contribution in [1.29, 1.82) is 0 Å². The van der Waals surface area contributed by atoms with Crippen LogP contribution in [0.3, 0.4) is 0 Å². The van der Waals surface area contributed by atoms with Crippen LogP contribution < -0.4 is 0 Å². The summed E-state index contributed by atoms with van der Waals surface area (Å²) in [7, 11) is 4.35. The van der Waals surface area contributed by atoms with Crippen molar-refractivity contribution in [2.24, 2.45) is 34.5 Å². The number of likely N-dealkylation sites (tertiary alicyclic amines) is 1. The minimum absolute atomic E-state index is 0.0986. The first-order chi connectivity index (χ1) is 16.2. The summed E-state index contributed by atoms with van der Waals surface area (Å²) in [5.41, 5.74) is 3.27. The predicted molar refractivity (Wildman–Crippen MR) is 139 cm³/mol. The molecule has 1 heterocycles. The van der Waals surface area contributed by atoms with Crippen molar-refractivity contribution in [3.05, 3.63) is 46.5 Å². The average molecular weight is 481 g/mol. The number of fused-ring (bicyclic) bond motifs is 4. The number of benzene rings is 1. The van der Waals surface area contributed by atoms with Crippen molar-refractivity contribution in [2.45, 2.75) is 77.3 Å². The number of hydrogen-bond donors (Lipinski definition) is 0. The summed E-state index contributed by atoms with van der Waals surface area (Å²) in [6.45, 7) is 6.40. The molecule has 1 aliphatic heterocycles. The predicted octanol–water partition coefficient (Wildman–Crippen LogP) is 6.67. The fraction of sp³-hybridized carbons (Fsp3) is 0.700. The van der Waals surface area contributed by atoms with Gasteiger partial charge in [-0.25, -0.2) is 0 Å². The zero-order valence-corrected chi connectivity index (χ0v) is 22.2. The molecule has 1 aromatic carbocycles. The van der Waals surface area contributed by atoms with Crippen LogP contribution in [0.25, 0.3) is 0 Å². The number of allylic oxidation sites excluding steroid dienone is 1. The van der Waals surface area contributed by atoms with E-state index in [0.717, 1.165) is 42.6 Å². The maximum Gasteiger partial charge on any atom is 0.253 e. The lowest BCUT2D eigenvalue weighted by molar-refractivity contribution is -0.0430. The van der Waals surface area contributed by atoms with E-state index in [4.69, 9.17) is 11.6 Å². The maximum atomic E-state index is 13.2. The van der Waals surface area contributed by atoms with Gasteiger partial charge in [0.15, 0.2) is 0 Å². The van der Waals surface area contributed by atoms with Crippen LogP contribution in [0.5, 0.6) is 0 Å². The molecule has 0 radical (unpaired) electrons. The molecule has 6 rings (SSSR count). The highest BCUT2D eigenvalue weighted by atomic mass is 35.5. The van der Waals surface area contributed by atoms with Crippen molar-refractivity contribution < 1.29 is 4.79 Å². The zero-order chi connectivity index (χ0) is 23.8. The monoisotopic (exact) mass is 480 g/mol. The summed E-state index contributed by atoms with van der Waals surface area (Å²) >= 11 is 6.16. The Morgan fingerprint density at radius 2 is 1.91 bits per heavy atom. The van der Waals surface area contributed by atoms with Gasteiger partial charge in [-0.1, -0.05) is 36.2 Å². The van der Waals surface area contributed by atoms with Crippen LogP contribution >= 0.6 is 11.6 Å². The molecule has 8 unspecified atom stereocenters. The molecule has 1 aromatic rings. The van der Waals surface area contributed by atoms with Crippen LogP contribution in [0.4, 0.5) is 0 Å². The summed E-state index contributed by atoms with van der Waals surface area (Å²) in [5, 5.41) is 0.628. The van der Waals surface area contributed by atoms with Gasteiger partial charge in [0.05, 0.1) is 0 Å². The van der Waals surface area contributed by atoms with Crippen LogP contribution in [0.15, 0.2) is 35.9 Å². The smallest absolute Gasteiger partial charge is 0.253 e. The number of rotatable bonds is 2. The van der Waals surface area contributed by atoms with Crippen molar-refractivity contribution >= 4 is 17.5 Å². The SMILES string of the molecule is CC1C2CCC3C4CC=C5CC(N(C)C(=O)c6cccc(Cl)c6)CCC5(C)C4CCC32CN1C. The van der Waals surface area contributed by atoms with Crippen molar-refractivity contribution in [2.75, 3.05) is 20.6 Å². The van der Waals surface area contributed by atoms with E-state index in [1.54, 1.807) is 11.6 Å². The molecule has 34 heavy (non-hydrogen) atoms. The summed E-state index contributed by atoms with van der Waals surface area (Å²) < 4.78 is 0. The van der Waals surface area contributed by atoms with Gasteiger partial charge in [0.2, 0.25) is 0 Å². The third-order valence-corrected chi connectivity index (χ3v) is 11.9. The van der Waals surface area contributed by atoms with E-state index in [0.29, 0.717) is 21.4 Å². The first-order valence-electron chi connectivity index (χ1n) is 13.7. The van der Waals surface area contributed by atoms with Gasteiger partial charge in [-0.15, -0.1) is 0 Å². The first-order valence-corrected chi connectivity index (χ1v) is 14.0. The van der Waals surface area contributed by atoms with E-state index in [9.17, 15) is 4.79 Å².